The maximum absolute atomic E-state index is 5.53. The van der Waals surface area contributed by atoms with E-state index in [0.29, 0.717) is 6.42 Å². The Hall–Kier alpha value is -1.62. The van der Waals surface area contributed by atoms with Gasteiger partial charge in [-0.2, -0.15) is 0 Å². The second-order valence-corrected chi connectivity index (χ2v) is 3.45. The zero-order chi connectivity index (χ0) is 9.97. The molecule has 2 nitrogen and oxygen atoms in total. The third-order valence-electron chi connectivity index (χ3n) is 2.43. The minimum absolute atomic E-state index is 0.682. The first-order chi connectivity index (χ1) is 6.81. The highest BCUT2D eigenvalue weighted by Crippen LogP contribution is 2.31. The molecule has 0 saturated heterocycles. The number of benzene rings is 1. The maximum Gasteiger partial charge on any atom is 0.142 e. The fraction of sp³-hybridized carbons (Fsp3) is 0.333. The van der Waals surface area contributed by atoms with E-state index in [2.05, 4.69) is 23.9 Å². The van der Waals surface area contributed by atoms with Gasteiger partial charge in [-0.1, -0.05) is 6.07 Å². The lowest BCUT2D eigenvalue weighted by Crippen LogP contribution is -2.28. The Labute approximate surface area is 84.5 Å². The van der Waals surface area contributed by atoms with Crippen molar-refractivity contribution >= 4 is 5.69 Å². The summed E-state index contributed by atoms with van der Waals surface area (Å²) in [6, 6.07) is 6.13. The number of hydrogen-bond acceptors (Lipinski definition) is 2. The van der Waals surface area contributed by atoms with E-state index in [1.54, 1.807) is 0 Å². The molecular weight excluding hydrogens is 174 g/mol. The van der Waals surface area contributed by atoms with E-state index in [0.717, 1.165) is 24.6 Å². The number of hydrogen-bond donors (Lipinski definition) is 0. The normalized spacial score (nSPS) is 14.1. The van der Waals surface area contributed by atoms with E-state index in [4.69, 9.17) is 11.2 Å². The van der Waals surface area contributed by atoms with E-state index in [1.807, 2.05) is 12.1 Å². The van der Waals surface area contributed by atoms with Crippen molar-refractivity contribution < 1.29 is 4.74 Å². The number of ether oxygens (including phenoxy) is 1. The molecule has 0 N–H and O–H groups in total. The van der Waals surface area contributed by atoms with E-state index in [1.165, 1.54) is 5.56 Å². The number of nitrogens with zero attached hydrogens (tertiary/aromatic N) is 1. The molecule has 14 heavy (non-hydrogen) atoms. The van der Waals surface area contributed by atoms with E-state index in [-0.39, 0.29) is 0 Å². The summed E-state index contributed by atoms with van der Waals surface area (Å²) in [5.41, 5.74) is 2.31. The Morgan fingerprint density at radius 1 is 1.57 bits per heavy atom. The molecular formula is C12H13NO. The summed E-state index contributed by atoms with van der Waals surface area (Å²) in [7, 11) is 2.07. The van der Waals surface area contributed by atoms with Crippen LogP contribution in [0, 0.1) is 12.3 Å². The van der Waals surface area contributed by atoms with Gasteiger partial charge in [0.2, 0.25) is 0 Å². The number of fused-ring (bicyclic) bond motifs is 1. The summed E-state index contributed by atoms with van der Waals surface area (Å²) >= 11 is 0. The number of anilines is 1. The predicted octanol–water partition coefficient (Wildman–Crippen LogP) is 1.69. The summed E-state index contributed by atoms with van der Waals surface area (Å²) in [5, 5.41) is 0. The highest BCUT2D eigenvalue weighted by atomic mass is 16.5. The molecule has 2 rings (SSSR count). The zero-order valence-corrected chi connectivity index (χ0v) is 8.29. The van der Waals surface area contributed by atoms with Gasteiger partial charge in [0.1, 0.15) is 12.4 Å². The van der Waals surface area contributed by atoms with Crippen LogP contribution in [0.5, 0.6) is 5.75 Å². The molecule has 2 heteroatoms. The van der Waals surface area contributed by atoms with Crippen LogP contribution < -0.4 is 9.64 Å². The van der Waals surface area contributed by atoms with E-state index in [9.17, 15) is 0 Å². The monoisotopic (exact) mass is 187 g/mol. The second-order valence-electron chi connectivity index (χ2n) is 3.45. The molecule has 0 unspecified atom stereocenters. The molecule has 1 heterocycles. The fourth-order valence-electron chi connectivity index (χ4n) is 1.62. The molecule has 72 valence electrons. The lowest BCUT2D eigenvalue weighted by molar-refractivity contribution is 0.311. The van der Waals surface area contributed by atoms with Crippen LogP contribution in [0.4, 0.5) is 5.69 Å². The Morgan fingerprint density at radius 3 is 3.21 bits per heavy atom. The standard InChI is InChI=1S/C12H13NO/c1-3-4-10-5-6-12-11(9-10)13(2)7-8-14-12/h1,5-6,9H,4,7-8H2,2H3. The van der Waals surface area contributed by atoms with Gasteiger partial charge < -0.3 is 9.64 Å². The lowest BCUT2D eigenvalue weighted by Gasteiger charge is -2.27. The molecule has 1 aromatic rings. The van der Waals surface area contributed by atoms with Gasteiger partial charge in [0.25, 0.3) is 0 Å². The van der Waals surface area contributed by atoms with Crippen LogP contribution in [-0.2, 0) is 6.42 Å². The fourth-order valence-corrected chi connectivity index (χ4v) is 1.62. The molecule has 0 aromatic heterocycles. The van der Waals surface area contributed by atoms with Gasteiger partial charge in [-0.15, -0.1) is 12.3 Å². The number of terminal acetylenes is 1. The van der Waals surface area contributed by atoms with Crippen molar-refractivity contribution in [2.45, 2.75) is 6.42 Å². The molecule has 0 atom stereocenters. The van der Waals surface area contributed by atoms with Crippen molar-refractivity contribution in [1.29, 1.82) is 0 Å². The Bertz CT molecular complexity index is 378. The smallest absolute Gasteiger partial charge is 0.142 e. The molecule has 0 radical (unpaired) electrons. The van der Waals surface area contributed by atoms with Crippen molar-refractivity contribution in [2.75, 3.05) is 25.1 Å². The van der Waals surface area contributed by atoms with Gasteiger partial charge in [0.15, 0.2) is 0 Å². The Kier molecular flexibility index (Phi) is 2.32. The maximum atomic E-state index is 5.53. The lowest BCUT2D eigenvalue weighted by atomic mass is 10.1. The quantitative estimate of drug-likeness (QED) is 0.620. The van der Waals surface area contributed by atoms with Crippen LogP contribution in [0.1, 0.15) is 5.56 Å². The van der Waals surface area contributed by atoms with Crippen LogP contribution in [0.2, 0.25) is 0 Å². The Balaban J connectivity index is 2.37. The Morgan fingerprint density at radius 2 is 2.43 bits per heavy atom. The molecule has 0 bridgehead atoms. The first-order valence-electron chi connectivity index (χ1n) is 4.71. The van der Waals surface area contributed by atoms with Crippen molar-refractivity contribution in [3.63, 3.8) is 0 Å². The van der Waals surface area contributed by atoms with Crippen LogP contribution in [0.3, 0.4) is 0 Å². The first-order valence-corrected chi connectivity index (χ1v) is 4.71. The zero-order valence-electron chi connectivity index (χ0n) is 8.29. The van der Waals surface area contributed by atoms with Crippen LogP contribution in [-0.4, -0.2) is 20.2 Å². The average molecular weight is 187 g/mol. The summed E-state index contributed by atoms with van der Waals surface area (Å²) in [5.74, 6) is 3.60. The summed E-state index contributed by atoms with van der Waals surface area (Å²) in [4.78, 5) is 2.19. The molecule has 1 aliphatic rings. The highest BCUT2D eigenvalue weighted by Gasteiger charge is 2.14. The molecule has 0 fully saturated rings. The average Bonchev–Trinajstić information content (AvgIpc) is 2.20. The third-order valence-corrected chi connectivity index (χ3v) is 2.43. The predicted molar refractivity (Wildman–Crippen MR) is 57.7 cm³/mol. The SMILES string of the molecule is C#CCc1ccc2c(c1)N(C)CCO2. The molecule has 0 amide bonds. The van der Waals surface area contributed by atoms with Gasteiger partial charge in [-0.3, -0.25) is 0 Å². The summed E-state index contributed by atoms with van der Waals surface area (Å²) in [6.45, 7) is 1.70. The van der Waals surface area contributed by atoms with Gasteiger partial charge in [-0.05, 0) is 17.7 Å². The molecule has 0 spiro atoms. The van der Waals surface area contributed by atoms with Crippen molar-refractivity contribution in [2.24, 2.45) is 0 Å². The highest BCUT2D eigenvalue weighted by molar-refractivity contribution is 5.61. The van der Waals surface area contributed by atoms with Crippen LogP contribution >= 0.6 is 0 Å². The molecule has 1 aromatic carbocycles. The van der Waals surface area contributed by atoms with Gasteiger partial charge in [-0.25, -0.2) is 0 Å². The number of rotatable bonds is 1. The van der Waals surface area contributed by atoms with Crippen molar-refractivity contribution in [3.8, 4) is 18.1 Å². The van der Waals surface area contributed by atoms with Gasteiger partial charge >= 0.3 is 0 Å². The van der Waals surface area contributed by atoms with Crippen molar-refractivity contribution in [1.82, 2.24) is 0 Å². The third kappa shape index (κ3) is 1.54. The van der Waals surface area contributed by atoms with Gasteiger partial charge in [0, 0.05) is 13.5 Å². The minimum Gasteiger partial charge on any atom is -0.490 e. The van der Waals surface area contributed by atoms with E-state index < -0.39 is 0 Å². The number of likely N-dealkylation sites (N-methyl/N-ethyl adjacent to an activating group) is 1. The minimum atomic E-state index is 0.682. The largest absolute Gasteiger partial charge is 0.490 e. The van der Waals surface area contributed by atoms with Crippen molar-refractivity contribution in [3.05, 3.63) is 23.8 Å². The van der Waals surface area contributed by atoms with Crippen LogP contribution in [0.15, 0.2) is 18.2 Å². The molecule has 0 aliphatic carbocycles. The van der Waals surface area contributed by atoms with Crippen LogP contribution in [0.25, 0.3) is 0 Å². The van der Waals surface area contributed by atoms with Gasteiger partial charge in [0.05, 0.1) is 12.2 Å². The molecule has 0 saturated carbocycles. The summed E-state index contributed by atoms with van der Waals surface area (Å²) in [6.07, 6.45) is 5.96. The van der Waals surface area contributed by atoms with E-state index >= 15 is 0 Å². The summed E-state index contributed by atoms with van der Waals surface area (Å²) < 4.78 is 5.53. The topological polar surface area (TPSA) is 12.5 Å². The second kappa shape index (κ2) is 3.63. The first kappa shape index (κ1) is 8.96. The molecule has 1 aliphatic heterocycles.